The number of hydrogen-bond acceptors (Lipinski definition) is 1. The fraction of sp³-hybridized carbons (Fsp3) is 0.258. The van der Waals surface area contributed by atoms with Gasteiger partial charge in [0, 0.05) is 12.4 Å². The van der Waals surface area contributed by atoms with E-state index in [-0.39, 0.29) is 10.8 Å². The normalized spacial score (nSPS) is 11.4. The average molecular weight is 422 g/mol. The van der Waals surface area contributed by atoms with Gasteiger partial charge in [-0.25, -0.2) is 0 Å². The Labute approximate surface area is 194 Å². The molecule has 1 heteroatoms. The molecule has 32 heavy (non-hydrogen) atoms. The summed E-state index contributed by atoms with van der Waals surface area (Å²) in [6.07, 6.45) is 3.71. The van der Waals surface area contributed by atoms with Crippen molar-refractivity contribution in [2.24, 2.45) is 0 Å². The summed E-state index contributed by atoms with van der Waals surface area (Å²) in [5.74, 6) is 0. The summed E-state index contributed by atoms with van der Waals surface area (Å²) in [4.78, 5) is 4.15. The Morgan fingerprint density at radius 2 is 0.938 bits per heavy atom. The van der Waals surface area contributed by atoms with Gasteiger partial charge in [-0.1, -0.05) is 126 Å². The molecule has 0 saturated heterocycles. The Morgan fingerprint density at radius 1 is 0.469 bits per heavy atom. The first-order valence-electron chi connectivity index (χ1n) is 11.3. The maximum atomic E-state index is 4.15. The highest BCUT2D eigenvalue weighted by Gasteiger charge is 2.14. The smallest absolute Gasteiger partial charge is 0.0346 e. The van der Waals surface area contributed by atoms with Crippen molar-refractivity contribution in [1.29, 1.82) is 0 Å². The number of benzene rings is 3. The molecule has 4 rings (SSSR count). The molecule has 164 valence electrons. The van der Waals surface area contributed by atoms with E-state index in [2.05, 4.69) is 131 Å². The minimum Gasteiger partial charge on any atom is -0.264 e. The van der Waals surface area contributed by atoms with Crippen LogP contribution in [0, 0.1) is 0 Å². The van der Waals surface area contributed by atoms with Gasteiger partial charge in [-0.15, -0.1) is 0 Å². The van der Waals surface area contributed by atoms with Crippen molar-refractivity contribution in [3.05, 3.63) is 115 Å². The maximum Gasteiger partial charge on any atom is 0.0346 e. The lowest BCUT2D eigenvalue weighted by molar-refractivity contribution is 0.590. The van der Waals surface area contributed by atoms with Crippen LogP contribution in [0.2, 0.25) is 0 Å². The van der Waals surface area contributed by atoms with Crippen molar-refractivity contribution in [2.45, 2.75) is 52.4 Å². The monoisotopic (exact) mass is 421 g/mol. The molecular weight excluding hydrogens is 386 g/mol. The topological polar surface area (TPSA) is 12.9 Å². The van der Waals surface area contributed by atoms with Crippen LogP contribution < -0.4 is 0 Å². The molecule has 0 aliphatic rings. The lowest BCUT2D eigenvalue weighted by atomic mass is 9.85. The zero-order valence-corrected chi connectivity index (χ0v) is 20.3. The minimum atomic E-state index is 0.193. The van der Waals surface area contributed by atoms with Crippen molar-refractivity contribution in [1.82, 2.24) is 4.98 Å². The van der Waals surface area contributed by atoms with Crippen LogP contribution in [-0.4, -0.2) is 4.98 Å². The SMILES string of the molecule is CC(C)(C)c1cccc(-c2ccccc2)c1.CC(C)(C)c1cccc(-c2cccnc2)c1. The molecule has 0 saturated carbocycles. The van der Waals surface area contributed by atoms with Crippen molar-refractivity contribution in [2.75, 3.05) is 0 Å². The van der Waals surface area contributed by atoms with Crippen LogP contribution in [0.1, 0.15) is 52.7 Å². The van der Waals surface area contributed by atoms with Crippen LogP contribution in [-0.2, 0) is 10.8 Å². The molecule has 0 unspecified atom stereocenters. The van der Waals surface area contributed by atoms with Crippen molar-refractivity contribution in [3.8, 4) is 22.3 Å². The van der Waals surface area contributed by atoms with E-state index in [1.54, 1.807) is 6.20 Å². The molecule has 3 aromatic carbocycles. The van der Waals surface area contributed by atoms with Gasteiger partial charge < -0.3 is 0 Å². The summed E-state index contributed by atoms with van der Waals surface area (Å²) in [7, 11) is 0. The first-order valence-corrected chi connectivity index (χ1v) is 11.3. The molecule has 0 fully saturated rings. The standard InChI is InChI=1S/C16H18.C15H17N/c1-16(2,3)15-11-7-10-14(12-15)13-8-5-4-6-9-13;1-15(2,3)14-8-4-6-12(10-14)13-7-5-9-16-11-13/h4-12H,1-3H3;4-11H,1-3H3. The Hall–Kier alpha value is -3.19. The third-order valence-electron chi connectivity index (χ3n) is 5.56. The third-order valence-corrected chi connectivity index (χ3v) is 5.56. The molecule has 0 amide bonds. The summed E-state index contributed by atoms with van der Waals surface area (Å²) in [5, 5.41) is 0. The largest absolute Gasteiger partial charge is 0.264 e. The quantitative estimate of drug-likeness (QED) is 0.315. The molecule has 0 aliphatic heterocycles. The summed E-state index contributed by atoms with van der Waals surface area (Å²) in [5.41, 5.74) is 8.14. The Balaban J connectivity index is 0.000000181. The van der Waals surface area contributed by atoms with Crippen LogP contribution in [0.5, 0.6) is 0 Å². The highest BCUT2D eigenvalue weighted by atomic mass is 14.6. The van der Waals surface area contributed by atoms with Gasteiger partial charge in [0.05, 0.1) is 0 Å². The van der Waals surface area contributed by atoms with Crippen molar-refractivity contribution < 1.29 is 0 Å². The zero-order valence-electron chi connectivity index (χ0n) is 20.3. The number of pyridine rings is 1. The average Bonchev–Trinajstić information content (AvgIpc) is 2.80. The van der Waals surface area contributed by atoms with Crippen LogP contribution in [0.25, 0.3) is 22.3 Å². The molecule has 0 bridgehead atoms. The van der Waals surface area contributed by atoms with E-state index in [0.29, 0.717) is 0 Å². The number of rotatable bonds is 2. The van der Waals surface area contributed by atoms with Gasteiger partial charge in [0.2, 0.25) is 0 Å². The molecule has 0 aliphatic carbocycles. The van der Waals surface area contributed by atoms with E-state index in [1.807, 2.05) is 12.3 Å². The van der Waals surface area contributed by atoms with Gasteiger partial charge in [0.25, 0.3) is 0 Å². The van der Waals surface area contributed by atoms with Crippen LogP contribution in [0.15, 0.2) is 103 Å². The molecule has 0 N–H and O–H groups in total. The van der Waals surface area contributed by atoms with E-state index < -0.39 is 0 Å². The van der Waals surface area contributed by atoms with Gasteiger partial charge in [-0.2, -0.15) is 0 Å². The first-order chi connectivity index (χ1) is 15.1. The van der Waals surface area contributed by atoms with Gasteiger partial charge in [-0.05, 0) is 50.3 Å². The van der Waals surface area contributed by atoms with E-state index in [1.165, 1.54) is 33.4 Å². The molecule has 0 radical (unpaired) electrons. The van der Waals surface area contributed by atoms with Gasteiger partial charge in [-0.3, -0.25) is 4.98 Å². The van der Waals surface area contributed by atoms with Gasteiger partial charge in [0.1, 0.15) is 0 Å². The van der Waals surface area contributed by atoms with E-state index in [9.17, 15) is 0 Å². The summed E-state index contributed by atoms with van der Waals surface area (Å²) in [6.45, 7) is 13.4. The fourth-order valence-electron chi connectivity index (χ4n) is 3.49. The number of hydrogen-bond donors (Lipinski definition) is 0. The van der Waals surface area contributed by atoms with Crippen molar-refractivity contribution >= 4 is 0 Å². The number of nitrogens with zero attached hydrogens (tertiary/aromatic N) is 1. The molecule has 1 nitrogen and oxygen atoms in total. The van der Waals surface area contributed by atoms with E-state index in [0.717, 1.165) is 0 Å². The Morgan fingerprint density at radius 3 is 1.41 bits per heavy atom. The zero-order chi connectivity index (χ0) is 23.2. The summed E-state index contributed by atoms with van der Waals surface area (Å²) in [6, 6.07) is 32.1. The van der Waals surface area contributed by atoms with Gasteiger partial charge in [0.15, 0.2) is 0 Å². The number of aromatic nitrogens is 1. The second-order valence-electron chi connectivity index (χ2n) is 10.3. The lowest BCUT2D eigenvalue weighted by Gasteiger charge is -2.19. The molecule has 1 aromatic heterocycles. The lowest BCUT2D eigenvalue weighted by Crippen LogP contribution is -2.10. The minimum absolute atomic E-state index is 0.193. The predicted octanol–water partition coefficient (Wildman–Crippen LogP) is 8.70. The summed E-state index contributed by atoms with van der Waals surface area (Å²) >= 11 is 0. The Kier molecular flexibility index (Phi) is 7.30. The molecule has 0 spiro atoms. The van der Waals surface area contributed by atoms with E-state index >= 15 is 0 Å². The highest BCUT2D eigenvalue weighted by Crippen LogP contribution is 2.28. The molecular formula is C31H35N. The molecule has 0 atom stereocenters. The van der Waals surface area contributed by atoms with Gasteiger partial charge >= 0.3 is 0 Å². The maximum absolute atomic E-state index is 4.15. The van der Waals surface area contributed by atoms with Crippen molar-refractivity contribution in [3.63, 3.8) is 0 Å². The highest BCUT2D eigenvalue weighted by molar-refractivity contribution is 5.64. The second-order valence-corrected chi connectivity index (χ2v) is 10.3. The summed E-state index contributed by atoms with van der Waals surface area (Å²) < 4.78 is 0. The second kappa shape index (κ2) is 9.96. The molecule has 4 aromatic rings. The fourth-order valence-corrected chi connectivity index (χ4v) is 3.49. The Bertz CT molecular complexity index is 1020. The van der Waals surface area contributed by atoms with Crippen LogP contribution in [0.3, 0.4) is 0 Å². The predicted molar refractivity (Wildman–Crippen MR) is 139 cm³/mol. The first kappa shape index (κ1) is 23.5. The molecule has 1 heterocycles. The third kappa shape index (κ3) is 6.40. The van der Waals surface area contributed by atoms with E-state index in [4.69, 9.17) is 0 Å². The van der Waals surface area contributed by atoms with Crippen LogP contribution in [0.4, 0.5) is 0 Å². The van der Waals surface area contributed by atoms with Crippen LogP contribution >= 0.6 is 0 Å².